The van der Waals surface area contributed by atoms with Gasteiger partial charge < -0.3 is 9.47 Å². The second-order valence-corrected chi connectivity index (χ2v) is 6.08. The number of rotatable bonds is 3. The van der Waals surface area contributed by atoms with E-state index in [0.29, 0.717) is 11.5 Å². The van der Waals surface area contributed by atoms with Gasteiger partial charge in [0.05, 0.1) is 0 Å². The predicted octanol–water partition coefficient (Wildman–Crippen LogP) is 1.67. The predicted molar refractivity (Wildman–Crippen MR) is 73.6 cm³/mol. The summed E-state index contributed by atoms with van der Waals surface area (Å²) in [6.45, 7) is 0.0356. The molecule has 0 bridgehead atoms. The van der Waals surface area contributed by atoms with Crippen molar-refractivity contribution in [3.8, 4) is 11.5 Å². The number of amides is 1. The van der Waals surface area contributed by atoms with Crippen LogP contribution >= 0.6 is 0 Å². The van der Waals surface area contributed by atoms with E-state index < -0.39 is 26.6 Å². The van der Waals surface area contributed by atoms with E-state index in [9.17, 15) is 17.6 Å². The molecule has 1 heterocycles. The number of carbonyl (C=O) groups is 1. The minimum absolute atomic E-state index is 0.0356. The second-order valence-electron chi connectivity index (χ2n) is 4.43. The third-order valence-electron chi connectivity index (χ3n) is 2.99. The highest BCUT2D eigenvalue weighted by atomic mass is 32.2. The van der Waals surface area contributed by atoms with Gasteiger partial charge in [0.2, 0.25) is 6.79 Å². The molecular formula is C14H10FNO5S. The van der Waals surface area contributed by atoms with Gasteiger partial charge in [-0.1, -0.05) is 12.1 Å². The van der Waals surface area contributed by atoms with E-state index in [1.165, 1.54) is 30.3 Å². The molecule has 22 heavy (non-hydrogen) atoms. The number of hydrogen-bond donors (Lipinski definition) is 1. The van der Waals surface area contributed by atoms with Crippen molar-refractivity contribution in [2.45, 2.75) is 4.90 Å². The molecular weight excluding hydrogens is 313 g/mol. The topological polar surface area (TPSA) is 81.7 Å². The number of hydrogen-bond acceptors (Lipinski definition) is 5. The number of nitrogens with one attached hydrogen (secondary N) is 1. The summed E-state index contributed by atoms with van der Waals surface area (Å²) in [4.78, 5) is 11.4. The van der Waals surface area contributed by atoms with Crippen molar-refractivity contribution in [3.05, 3.63) is 53.8 Å². The van der Waals surface area contributed by atoms with Crippen molar-refractivity contribution in [2.75, 3.05) is 6.79 Å². The standard InChI is InChI=1S/C14H10FNO5S/c15-10-3-1-2-4-13(10)22(18,19)16-14(17)9-5-6-11-12(7-9)21-8-20-11/h1-7H,8H2,(H,16,17). The molecule has 0 saturated carbocycles. The molecule has 1 aliphatic rings. The van der Waals surface area contributed by atoms with Crippen molar-refractivity contribution in [1.82, 2.24) is 4.72 Å². The smallest absolute Gasteiger partial charge is 0.267 e. The molecule has 8 heteroatoms. The van der Waals surface area contributed by atoms with E-state index in [2.05, 4.69) is 0 Å². The molecule has 2 aromatic rings. The minimum atomic E-state index is -4.30. The van der Waals surface area contributed by atoms with Gasteiger partial charge in [-0.3, -0.25) is 4.79 Å². The Kier molecular flexibility index (Phi) is 3.45. The lowest BCUT2D eigenvalue weighted by molar-refractivity contribution is 0.0981. The minimum Gasteiger partial charge on any atom is -0.454 e. The van der Waals surface area contributed by atoms with Gasteiger partial charge in [-0.2, -0.15) is 0 Å². The molecule has 114 valence electrons. The Morgan fingerprint density at radius 2 is 1.82 bits per heavy atom. The molecule has 2 aromatic carbocycles. The van der Waals surface area contributed by atoms with Crippen LogP contribution < -0.4 is 14.2 Å². The first-order valence-corrected chi connectivity index (χ1v) is 7.67. The molecule has 1 N–H and O–H groups in total. The normalized spacial score (nSPS) is 13.0. The van der Waals surface area contributed by atoms with Crippen LogP contribution in [-0.4, -0.2) is 21.1 Å². The molecule has 0 aliphatic carbocycles. The van der Waals surface area contributed by atoms with Gasteiger partial charge in [-0.05, 0) is 30.3 Å². The highest BCUT2D eigenvalue weighted by molar-refractivity contribution is 7.90. The van der Waals surface area contributed by atoms with Crippen LogP contribution in [0, 0.1) is 5.82 Å². The van der Waals surface area contributed by atoms with Crippen LogP contribution in [0.1, 0.15) is 10.4 Å². The number of sulfonamides is 1. The lowest BCUT2D eigenvalue weighted by atomic mass is 10.2. The number of benzene rings is 2. The van der Waals surface area contributed by atoms with Crippen LogP contribution in [0.5, 0.6) is 11.5 Å². The summed E-state index contributed by atoms with van der Waals surface area (Å²) in [6.07, 6.45) is 0. The van der Waals surface area contributed by atoms with Crippen molar-refractivity contribution >= 4 is 15.9 Å². The molecule has 0 unspecified atom stereocenters. The maximum atomic E-state index is 13.6. The Hall–Kier alpha value is -2.61. The SMILES string of the molecule is O=C(NS(=O)(=O)c1ccccc1F)c1ccc2c(c1)OCO2. The first-order valence-electron chi connectivity index (χ1n) is 6.19. The van der Waals surface area contributed by atoms with Gasteiger partial charge in [-0.15, -0.1) is 0 Å². The fraction of sp³-hybridized carbons (Fsp3) is 0.0714. The quantitative estimate of drug-likeness (QED) is 0.929. The Morgan fingerprint density at radius 3 is 2.59 bits per heavy atom. The monoisotopic (exact) mass is 323 g/mol. The molecule has 0 spiro atoms. The first kappa shape index (κ1) is 14.3. The van der Waals surface area contributed by atoms with Crippen molar-refractivity contribution in [3.63, 3.8) is 0 Å². The van der Waals surface area contributed by atoms with Crippen molar-refractivity contribution < 1.29 is 27.1 Å². The maximum absolute atomic E-state index is 13.6. The van der Waals surface area contributed by atoms with Crippen molar-refractivity contribution in [1.29, 1.82) is 0 Å². The Bertz CT molecular complexity index is 850. The summed E-state index contributed by atoms with van der Waals surface area (Å²) in [5.41, 5.74) is 0.0594. The lowest BCUT2D eigenvalue weighted by Gasteiger charge is -2.08. The summed E-state index contributed by atoms with van der Waals surface area (Å²) in [6, 6.07) is 9.03. The van der Waals surface area contributed by atoms with Crippen LogP contribution in [0.15, 0.2) is 47.4 Å². The molecule has 0 radical (unpaired) electrons. The first-order chi connectivity index (χ1) is 10.5. The van der Waals surface area contributed by atoms with E-state index in [-0.39, 0.29) is 12.4 Å². The van der Waals surface area contributed by atoms with Gasteiger partial charge >= 0.3 is 0 Å². The molecule has 0 fully saturated rings. The highest BCUT2D eigenvalue weighted by Crippen LogP contribution is 2.32. The molecule has 0 atom stereocenters. The zero-order chi connectivity index (χ0) is 15.7. The van der Waals surface area contributed by atoms with Crippen LogP contribution in [0.4, 0.5) is 4.39 Å². The Morgan fingerprint density at radius 1 is 1.09 bits per heavy atom. The van der Waals surface area contributed by atoms with E-state index >= 15 is 0 Å². The average Bonchev–Trinajstić information content (AvgIpc) is 2.94. The van der Waals surface area contributed by atoms with Crippen molar-refractivity contribution in [2.24, 2.45) is 0 Å². The Balaban J connectivity index is 1.86. The van der Waals surface area contributed by atoms with Crippen LogP contribution in [0.2, 0.25) is 0 Å². The Labute approximate surface area is 125 Å². The third-order valence-corrected chi connectivity index (χ3v) is 4.35. The summed E-state index contributed by atoms with van der Waals surface area (Å²) in [7, 11) is -4.30. The number of ether oxygens (including phenoxy) is 2. The van der Waals surface area contributed by atoms with Gasteiger partial charge in [0.1, 0.15) is 10.7 Å². The summed E-state index contributed by atoms with van der Waals surface area (Å²) < 4.78 is 49.7. The summed E-state index contributed by atoms with van der Waals surface area (Å²) in [5.74, 6) is -1.01. The average molecular weight is 323 g/mol. The van der Waals surface area contributed by atoms with Crippen LogP contribution in [-0.2, 0) is 10.0 Å². The molecule has 6 nitrogen and oxygen atoms in total. The zero-order valence-corrected chi connectivity index (χ0v) is 11.9. The van der Waals surface area contributed by atoms with Crippen LogP contribution in [0.25, 0.3) is 0 Å². The third kappa shape index (κ3) is 2.60. The number of fused-ring (bicyclic) bond motifs is 1. The largest absolute Gasteiger partial charge is 0.454 e. The number of carbonyl (C=O) groups excluding carboxylic acids is 1. The number of halogens is 1. The maximum Gasteiger partial charge on any atom is 0.267 e. The zero-order valence-electron chi connectivity index (χ0n) is 11.1. The van der Waals surface area contributed by atoms with E-state index in [1.54, 1.807) is 0 Å². The van der Waals surface area contributed by atoms with Gasteiger partial charge in [-0.25, -0.2) is 17.5 Å². The lowest BCUT2D eigenvalue weighted by Crippen LogP contribution is -2.31. The fourth-order valence-corrected chi connectivity index (χ4v) is 2.99. The molecule has 1 aliphatic heterocycles. The van der Waals surface area contributed by atoms with E-state index in [1.807, 2.05) is 4.72 Å². The summed E-state index contributed by atoms with van der Waals surface area (Å²) in [5, 5.41) is 0. The molecule has 1 amide bonds. The molecule has 0 aromatic heterocycles. The molecule has 3 rings (SSSR count). The van der Waals surface area contributed by atoms with Gasteiger partial charge in [0, 0.05) is 5.56 Å². The van der Waals surface area contributed by atoms with Crippen LogP contribution in [0.3, 0.4) is 0 Å². The molecule has 0 saturated heterocycles. The van der Waals surface area contributed by atoms with E-state index in [0.717, 1.165) is 12.1 Å². The van der Waals surface area contributed by atoms with E-state index in [4.69, 9.17) is 9.47 Å². The summed E-state index contributed by atoms with van der Waals surface area (Å²) >= 11 is 0. The van der Waals surface area contributed by atoms with Gasteiger partial charge in [0.15, 0.2) is 11.5 Å². The fourth-order valence-electron chi connectivity index (χ4n) is 1.94. The van der Waals surface area contributed by atoms with Gasteiger partial charge in [0.25, 0.3) is 15.9 Å². The highest BCUT2D eigenvalue weighted by Gasteiger charge is 2.23. The second kappa shape index (κ2) is 5.30.